The van der Waals surface area contributed by atoms with Crippen molar-refractivity contribution in [1.29, 1.82) is 0 Å². The molecule has 7 aromatic rings. The van der Waals surface area contributed by atoms with E-state index in [1.54, 1.807) is 12.1 Å². The molecule has 0 unspecified atom stereocenters. The van der Waals surface area contributed by atoms with Gasteiger partial charge in [-0.05, 0) is 68.1 Å². The first-order chi connectivity index (χ1) is 21.8. The normalized spacial score (nSPS) is 12.4. The maximum Gasteiger partial charge on any atom is 0.534 e. The van der Waals surface area contributed by atoms with Crippen molar-refractivity contribution in [2.24, 2.45) is 0 Å². The second kappa shape index (κ2) is 10.5. The third-order valence-corrected chi connectivity index (χ3v) is 10.4. The van der Waals surface area contributed by atoms with E-state index >= 15 is 0 Å². The van der Waals surface area contributed by atoms with Gasteiger partial charge in [0.05, 0.1) is 5.39 Å². The van der Waals surface area contributed by atoms with Gasteiger partial charge in [-0.25, -0.2) is 0 Å². The van der Waals surface area contributed by atoms with Crippen LogP contribution in [0.3, 0.4) is 0 Å². The van der Waals surface area contributed by atoms with Crippen LogP contribution in [0.15, 0.2) is 89.3 Å². The van der Waals surface area contributed by atoms with Crippen LogP contribution in [0.5, 0.6) is 5.75 Å². The van der Waals surface area contributed by atoms with Gasteiger partial charge in [-0.3, -0.25) is 0 Å². The molecule has 0 aliphatic carbocycles. The SMILES string of the molecule is Bc1c(B)c(B)c(-c2c3ccccc3c(-c3ccc4c(c3)oc3cccc(OS(=O)(=O)C(F)(F)F)c34)c3ccccc23)c(B)c1B. The molecule has 222 valence electrons. The molecule has 1 heterocycles. The first-order valence-electron chi connectivity index (χ1n) is 14.8. The molecule has 0 aliphatic heterocycles. The maximum atomic E-state index is 13.2. The summed E-state index contributed by atoms with van der Waals surface area (Å²) in [5, 5.41) is 4.88. The lowest BCUT2D eigenvalue weighted by Crippen LogP contribution is -2.55. The minimum absolute atomic E-state index is 0.151. The van der Waals surface area contributed by atoms with Gasteiger partial charge in [-0.15, -0.1) is 16.4 Å². The van der Waals surface area contributed by atoms with Gasteiger partial charge in [0.2, 0.25) is 0 Å². The second-order valence-corrected chi connectivity index (χ2v) is 13.3. The highest BCUT2D eigenvalue weighted by molar-refractivity contribution is 7.88. The van der Waals surface area contributed by atoms with Gasteiger partial charge in [0.1, 0.15) is 50.4 Å². The van der Waals surface area contributed by atoms with E-state index in [1.807, 2.05) is 36.4 Å². The molecule has 0 spiro atoms. The van der Waals surface area contributed by atoms with Crippen molar-refractivity contribution in [1.82, 2.24) is 0 Å². The second-order valence-electron chi connectivity index (χ2n) is 11.8. The zero-order valence-corrected chi connectivity index (χ0v) is 26.6. The maximum absolute atomic E-state index is 13.2. The largest absolute Gasteiger partial charge is 0.534 e. The zero-order chi connectivity index (χ0) is 32.7. The van der Waals surface area contributed by atoms with Gasteiger partial charge in [0.25, 0.3) is 0 Å². The van der Waals surface area contributed by atoms with Crippen LogP contribution in [0, 0.1) is 0 Å². The van der Waals surface area contributed by atoms with Crippen LogP contribution < -0.4 is 31.5 Å². The molecule has 46 heavy (non-hydrogen) atoms. The molecular formula is C33H24B5F3O4S. The van der Waals surface area contributed by atoms with Crippen LogP contribution in [0.4, 0.5) is 13.2 Å². The fourth-order valence-corrected chi connectivity index (χ4v) is 7.24. The lowest BCUT2D eigenvalue weighted by atomic mass is 9.59. The first-order valence-corrected chi connectivity index (χ1v) is 16.2. The van der Waals surface area contributed by atoms with E-state index in [1.165, 1.54) is 50.6 Å². The van der Waals surface area contributed by atoms with E-state index < -0.39 is 21.4 Å². The van der Waals surface area contributed by atoms with Crippen molar-refractivity contribution in [3.63, 3.8) is 0 Å². The molecule has 7 rings (SSSR count). The number of hydrogen-bond donors (Lipinski definition) is 0. The van der Waals surface area contributed by atoms with Crippen molar-refractivity contribution >= 4 is 120 Å². The molecule has 0 saturated carbocycles. The molecule has 0 saturated heterocycles. The Hall–Kier alpha value is -4.50. The predicted octanol–water partition coefficient (Wildman–Crippen LogP) is 0.747. The lowest BCUT2D eigenvalue weighted by Gasteiger charge is -2.24. The molecular weight excluding hydrogens is 603 g/mol. The molecule has 0 N–H and O–H groups in total. The lowest BCUT2D eigenvalue weighted by molar-refractivity contribution is -0.0499. The Bertz CT molecular complexity index is 2440. The molecule has 13 heteroatoms. The third-order valence-electron chi connectivity index (χ3n) is 9.41. The van der Waals surface area contributed by atoms with Gasteiger partial charge in [-0.1, -0.05) is 71.6 Å². The van der Waals surface area contributed by atoms with Gasteiger partial charge < -0.3 is 8.60 Å². The number of halogens is 3. The van der Waals surface area contributed by atoms with Crippen LogP contribution in [-0.4, -0.2) is 53.2 Å². The van der Waals surface area contributed by atoms with Crippen LogP contribution in [-0.2, 0) is 10.1 Å². The van der Waals surface area contributed by atoms with Crippen LogP contribution in [0.2, 0.25) is 0 Å². The Balaban J connectivity index is 1.51. The van der Waals surface area contributed by atoms with Crippen molar-refractivity contribution in [2.75, 3.05) is 0 Å². The van der Waals surface area contributed by atoms with Gasteiger partial charge >= 0.3 is 15.6 Å². The molecule has 4 nitrogen and oxygen atoms in total. The number of furan rings is 1. The average Bonchev–Trinajstić information content (AvgIpc) is 3.40. The molecule has 6 aromatic carbocycles. The van der Waals surface area contributed by atoms with Crippen LogP contribution >= 0.6 is 0 Å². The fourth-order valence-electron chi connectivity index (χ4n) is 6.77. The predicted molar refractivity (Wildman–Crippen MR) is 196 cm³/mol. The third kappa shape index (κ3) is 4.47. The standard InChI is InChI=1S/C33H24B5F3O4S/c34-28-27(29(35)31(37)32(38)30(28)36)25-18-8-3-1-6-16(18)24(17-7-2-4-9-19(17)25)15-12-13-20-23(14-15)44-21-10-5-11-22(26(20)21)45-46(42,43)33(39,40)41/h1-14H,34-38H2. The van der Waals surface area contributed by atoms with E-state index in [4.69, 9.17) is 4.42 Å². The summed E-state index contributed by atoms with van der Waals surface area (Å²) in [6.07, 6.45) is 0. The topological polar surface area (TPSA) is 56.5 Å². The van der Waals surface area contributed by atoms with E-state index in [9.17, 15) is 21.6 Å². The fraction of sp³-hybridized carbons (Fsp3) is 0.0303. The monoisotopic (exact) mass is 628 g/mol. The smallest absolute Gasteiger partial charge is 0.456 e. The Morgan fingerprint density at radius 2 is 1.09 bits per heavy atom. The zero-order valence-electron chi connectivity index (χ0n) is 25.8. The number of alkyl halides is 3. The van der Waals surface area contributed by atoms with E-state index in [2.05, 4.69) is 67.7 Å². The Kier molecular flexibility index (Phi) is 6.90. The van der Waals surface area contributed by atoms with Crippen molar-refractivity contribution in [3.8, 4) is 28.0 Å². The highest BCUT2D eigenvalue weighted by Gasteiger charge is 2.48. The molecule has 1 aromatic heterocycles. The minimum Gasteiger partial charge on any atom is -0.456 e. The number of hydrogen-bond acceptors (Lipinski definition) is 4. The summed E-state index contributed by atoms with van der Waals surface area (Å²) in [5.41, 5.74) is 5.62. The minimum atomic E-state index is -5.87. The molecule has 0 bridgehead atoms. The highest BCUT2D eigenvalue weighted by atomic mass is 32.2. The van der Waals surface area contributed by atoms with Gasteiger partial charge in [-0.2, -0.15) is 21.6 Å². The Morgan fingerprint density at radius 1 is 0.565 bits per heavy atom. The summed E-state index contributed by atoms with van der Waals surface area (Å²) < 4.78 is 73.8. The summed E-state index contributed by atoms with van der Waals surface area (Å²) in [4.78, 5) is 0. The number of rotatable bonds is 4. The number of benzene rings is 6. The Morgan fingerprint density at radius 3 is 1.63 bits per heavy atom. The van der Waals surface area contributed by atoms with Crippen molar-refractivity contribution in [2.45, 2.75) is 5.51 Å². The quantitative estimate of drug-likeness (QED) is 0.125. The molecule has 0 aliphatic rings. The Labute approximate surface area is 268 Å². The first kappa shape index (κ1) is 30.2. The summed E-state index contributed by atoms with van der Waals surface area (Å²) >= 11 is 0. The molecule has 0 atom stereocenters. The summed E-state index contributed by atoms with van der Waals surface area (Å²) in [5.74, 6) is -0.448. The average molecular weight is 628 g/mol. The van der Waals surface area contributed by atoms with E-state index in [0.29, 0.717) is 11.0 Å². The van der Waals surface area contributed by atoms with Crippen molar-refractivity contribution in [3.05, 3.63) is 84.9 Å². The summed E-state index contributed by atoms with van der Waals surface area (Å²) in [6, 6.07) is 26.2. The highest BCUT2D eigenvalue weighted by Crippen LogP contribution is 2.45. The summed E-state index contributed by atoms with van der Waals surface area (Å²) in [7, 11) is 5.04. The molecule has 0 radical (unpaired) electrons. The number of fused-ring (bicyclic) bond motifs is 5. The molecule has 0 fully saturated rings. The van der Waals surface area contributed by atoms with Gasteiger partial charge in [0.15, 0.2) is 5.75 Å². The van der Waals surface area contributed by atoms with Crippen LogP contribution in [0.1, 0.15) is 0 Å². The van der Waals surface area contributed by atoms with E-state index in [0.717, 1.165) is 32.7 Å². The van der Waals surface area contributed by atoms with E-state index in [-0.39, 0.29) is 11.0 Å². The van der Waals surface area contributed by atoms with Gasteiger partial charge in [0, 0.05) is 5.39 Å². The summed E-state index contributed by atoms with van der Waals surface area (Å²) in [6.45, 7) is 0. The van der Waals surface area contributed by atoms with Crippen LogP contribution in [0.25, 0.3) is 65.7 Å². The van der Waals surface area contributed by atoms with Crippen molar-refractivity contribution < 1.29 is 30.2 Å². The molecule has 0 amide bonds.